The molecule has 7 heteroatoms. The maximum atomic E-state index is 12.2. The van der Waals surface area contributed by atoms with Gasteiger partial charge in [0.2, 0.25) is 0 Å². The van der Waals surface area contributed by atoms with Crippen molar-refractivity contribution in [3.8, 4) is 6.07 Å². The van der Waals surface area contributed by atoms with Gasteiger partial charge in [0.1, 0.15) is 10.9 Å². The van der Waals surface area contributed by atoms with E-state index in [1.165, 1.54) is 16.0 Å². The number of para-hydroxylation sites is 1. The van der Waals surface area contributed by atoms with E-state index in [4.69, 9.17) is 0 Å². The van der Waals surface area contributed by atoms with Crippen LogP contribution in [0, 0.1) is 11.3 Å². The standard InChI is InChI=1S/C15H11BrN4OS/c1-2-20-15(21)13(16)10(8-18-20)9(7-17)14-19-11-5-3-4-6-12(11)22-14/h3-6,8-9H,2H2,1H3/t9-/m0/s1. The lowest BCUT2D eigenvalue weighted by molar-refractivity contribution is 0.606. The smallest absolute Gasteiger partial charge is 0.266 e. The van der Waals surface area contributed by atoms with Crippen LogP contribution in [0.25, 0.3) is 10.2 Å². The summed E-state index contributed by atoms with van der Waals surface area (Å²) in [7, 11) is 0. The van der Waals surface area contributed by atoms with E-state index in [2.05, 4.69) is 32.1 Å². The summed E-state index contributed by atoms with van der Waals surface area (Å²) in [6, 6.07) is 9.95. The van der Waals surface area contributed by atoms with Crippen molar-refractivity contribution in [2.45, 2.75) is 19.4 Å². The number of halogens is 1. The first-order chi connectivity index (χ1) is 10.7. The van der Waals surface area contributed by atoms with Crippen LogP contribution in [0.4, 0.5) is 0 Å². The van der Waals surface area contributed by atoms with Crippen molar-refractivity contribution in [2.24, 2.45) is 0 Å². The monoisotopic (exact) mass is 374 g/mol. The first kappa shape index (κ1) is 14.9. The van der Waals surface area contributed by atoms with Gasteiger partial charge in [-0.1, -0.05) is 12.1 Å². The number of rotatable bonds is 3. The molecule has 5 nitrogen and oxygen atoms in total. The summed E-state index contributed by atoms with van der Waals surface area (Å²) in [6.07, 6.45) is 1.56. The fraction of sp³-hybridized carbons (Fsp3) is 0.200. The Morgan fingerprint density at radius 1 is 1.45 bits per heavy atom. The van der Waals surface area contributed by atoms with Crippen molar-refractivity contribution in [1.82, 2.24) is 14.8 Å². The summed E-state index contributed by atoms with van der Waals surface area (Å²) in [6.45, 7) is 2.33. The second kappa shape index (κ2) is 5.99. The van der Waals surface area contributed by atoms with Crippen LogP contribution < -0.4 is 5.56 Å². The number of nitrogens with zero attached hydrogens (tertiary/aromatic N) is 4. The van der Waals surface area contributed by atoms with Crippen molar-refractivity contribution in [3.63, 3.8) is 0 Å². The maximum absolute atomic E-state index is 12.2. The third kappa shape index (κ3) is 2.45. The highest BCUT2D eigenvalue weighted by Crippen LogP contribution is 2.33. The Labute approximate surface area is 139 Å². The minimum Gasteiger partial charge on any atom is -0.266 e. The molecule has 0 bridgehead atoms. The van der Waals surface area contributed by atoms with Crippen LogP contribution in [-0.2, 0) is 6.54 Å². The number of nitriles is 1. The zero-order chi connectivity index (χ0) is 15.7. The molecule has 110 valence electrons. The lowest BCUT2D eigenvalue weighted by Gasteiger charge is -2.09. The van der Waals surface area contributed by atoms with Crippen LogP contribution in [0.1, 0.15) is 23.4 Å². The summed E-state index contributed by atoms with van der Waals surface area (Å²) in [5, 5.41) is 14.3. The van der Waals surface area contributed by atoms with E-state index in [0.29, 0.717) is 21.6 Å². The van der Waals surface area contributed by atoms with Gasteiger partial charge in [-0.05, 0) is 35.0 Å². The number of thiazole rings is 1. The number of hydrogen-bond donors (Lipinski definition) is 0. The lowest BCUT2D eigenvalue weighted by Crippen LogP contribution is -2.24. The Bertz CT molecular complexity index is 908. The van der Waals surface area contributed by atoms with Gasteiger partial charge in [-0.3, -0.25) is 4.79 Å². The quantitative estimate of drug-likeness (QED) is 0.704. The fourth-order valence-corrected chi connectivity index (χ4v) is 3.74. The lowest BCUT2D eigenvalue weighted by atomic mass is 10.0. The molecule has 1 aromatic carbocycles. The Balaban J connectivity index is 2.14. The van der Waals surface area contributed by atoms with Crippen LogP contribution in [-0.4, -0.2) is 14.8 Å². The molecular formula is C15H11BrN4OS. The van der Waals surface area contributed by atoms with Gasteiger partial charge in [0, 0.05) is 12.1 Å². The van der Waals surface area contributed by atoms with Crippen LogP contribution in [0.2, 0.25) is 0 Å². The molecule has 0 saturated carbocycles. The Hall–Kier alpha value is -2.04. The Kier molecular flexibility index (Phi) is 4.05. The minimum absolute atomic E-state index is 0.235. The first-order valence-electron chi connectivity index (χ1n) is 6.66. The molecule has 0 aliphatic rings. The summed E-state index contributed by atoms with van der Waals surface area (Å²) in [5.74, 6) is -0.613. The molecule has 2 aromatic heterocycles. The molecule has 0 radical (unpaired) electrons. The number of aryl methyl sites for hydroxylation is 1. The van der Waals surface area contributed by atoms with E-state index >= 15 is 0 Å². The molecule has 3 aromatic rings. The van der Waals surface area contributed by atoms with Crippen LogP contribution in [0.15, 0.2) is 39.7 Å². The zero-order valence-electron chi connectivity index (χ0n) is 11.7. The minimum atomic E-state index is -0.613. The number of fused-ring (bicyclic) bond motifs is 1. The molecule has 0 amide bonds. The Morgan fingerprint density at radius 3 is 2.91 bits per heavy atom. The highest BCUT2D eigenvalue weighted by molar-refractivity contribution is 9.10. The summed E-state index contributed by atoms with van der Waals surface area (Å²) in [5.41, 5.74) is 1.17. The Morgan fingerprint density at radius 2 is 2.23 bits per heavy atom. The van der Waals surface area contributed by atoms with E-state index in [0.717, 1.165) is 10.2 Å². The van der Waals surface area contributed by atoms with E-state index in [-0.39, 0.29) is 5.56 Å². The van der Waals surface area contributed by atoms with Crippen molar-refractivity contribution in [2.75, 3.05) is 0 Å². The molecule has 22 heavy (non-hydrogen) atoms. The highest BCUT2D eigenvalue weighted by Gasteiger charge is 2.23. The van der Waals surface area contributed by atoms with Crippen LogP contribution in [0.3, 0.4) is 0 Å². The molecule has 2 heterocycles. The molecule has 0 N–H and O–H groups in total. The third-order valence-electron chi connectivity index (χ3n) is 3.31. The average molecular weight is 375 g/mol. The molecule has 0 unspecified atom stereocenters. The van der Waals surface area contributed by atoms with Gasteiger partial charge in [-0.25, -0.2) is 9.67 Å². The first-order valence-corrected chi connectivity index (χ1v) is 8.27. The van der Waals surface area contributed by atoms with Gasteiger partial charge >= 0.3 is 0 Å². The zero-order valence-corrected chi connectivity index (χ0v) is 14.1. The van der Waals surface area contributed by atoms with E-state index in [1.54, 1.807) is 6.20 Å². The second-order valence-corrected chi connectivity index (χ2v) is 6.47. The summed E-state index contributed by atoms with van der Waals surface area (Å²) >= 11 is 4.77. The topological polar surface area (TPSA) is 71.6 Å². The number of benzene rings is 1. The molecule has 0 fully saturated rings. The second-order valence-electron chi connectivity index (χ2n) is 4.62. The average Bonchev–Trinajstić information content (AvgIpc) is 2.96. The number of hydrogen-bond acceptors (Lipinski definition) is 5. The predicted octanol–water partition coefficient (Wildman–Crippen LogP) is 3.29. The van der Waals surface area contributed by atoms with Gasteiger partial charge < -0.3 is 0 Å². The molecule has 0 aliphatic carbocycles. The molecule has 3 rings (SSSR count). The molecule has 0 aliphatic heterocycles. The van der Waals surface area contributed by atoms with Crippen molar-refractivity contribution >= 4 is 37.5 Å². The van der Waals surface area contributed by atoms with Gasteiger partial charge in [-0.2, -0.15) is 10.4 Å². The largest absolute Gasteiger partial charge is 0.281 e. The SMILES string of the molecule is CCn1ncc([C@H](C#N)c2nc3ccccc3s2)c(Br)c1=O. The molecular weight excluding hydrogens is 364 g/mol. The van der Waals surface area contributed by atoms with Gasteiger partial charge in [-0.15, -0.1) is 11.3 Å². The van der Waals surface area contributed by atoms with Crippen LogP contribution in [0.5, 0.6) is 0 Å². The van der Waals surface area contributed by atoms with Crippen molar-refractivity contribution in [1.29, 1.82) is 5.26 Å². The third-order valence-corrected chi connectivity index (χ3v) is 5.21. The van der Waals surface area contributed by atoms with E-state index < -0.39 is 5.92 Å². The van der Waals surface area contributed by atoms with Gasteiger partial charge in [0.15, 0.2) is 0 Å². The van der Waals surface area contributed by atoms with Crippen LogP contribution >= 0.6 is 27.3 Å². The van der Waals surface area contributed by atoms with E-state index in [1.807, 2.05) is 31.2 Å². The summed E-state index contributed by atoms with van der Waals surface area (Å²) < 4.78 is 2.74. The highest BCUT2D eigenvalue weighted by atomic mass is 79.9. The van der Waals surface area contributed by atoms with Crippen molar-refractivity contribution in [3.05, 3.63) is 55.9 Å². The normalized spacial score (nSPS) is 12.2. The predicted molar refractivity (Wildman–Crippen MR) is 88.9 cm³/mol. The van der Waals surface area contributed by atoms with Gasteiger partial charge in [0.05, 0.1) is 27.0 Å². The van der Waals surface area contributed by atoms with E-state index in [9.17, 15) is 10.1 Å². The van der Waals surface area contributed by atoms with Gasteiger partial charge in [0.25, 0.3) is 5.56 Å². The summed E-state index contributed by atoms with van der Waals surface area (Å²) in [4.78, 5) is 16.7. The molecule has 1 atom stereocenters. The number of aromatic nitrogens is 3. The maximum Gasteiger partial charge on any atom is 0.281 e. The van der Waals surface area contributed by atoms with Crippen molar-refractivity contribution < 1.29 is 0 Å². The molecule has 0 spiro atoms. The fourth-order valence-electron chi connectivity index (χ4n) is 2.18. The molecule has 0 saturated heterocycles.